The maximum Gasteiger partial charge on any atom is 0.472 e. The molecule has 1 N–H and O–H groups in total. The second kappa shape index (κ2) is 17.9. The third-order valence-corrected chi connectivity index (χ3v) is 5.35. The number of carbonyl (C=O) groups excluding carboxylic acids is 2. The fourth-order valence-corrected chi connectivity index (χ4v) is 3.58. The van der Waals surface area contributed by atoms with E-state index in [0.29, 0.717) is 19.3 Å². The van der Waals surface area contributed by atoms with Crippen LogP contribution >= 0.6 is 7.82 Å². The van der Waals surface area contributed by atoms with Crippen LogP contribution in [-0.4, -0.2) is 61.8 Å². The van der Waals surface area contributed by atoms with Crippen LogP contribution in [0.4, 0.5) is 0 Å². The van der Waals surface area contributed by atoms with Crippen molar-refractivity contribution in [2.45, 2.75) is 90.3 Å². The molecule has 0 aromatic heterocycles. The molecule has 0 aromatic carbocycles. The smallest absolute Gasteiger partial charge is 0.455 e. The Bertz CT molecular complexity index is 647. The number of phosphoric acid groups is 1. The summed E-state index contributed by atoms with van der Waals surface area (Å²) in [6, 6.07) is 0. The van der Waals surface area contributed by atoms with E-state index in [9.17, 15) is 19.0 Å². The van der Waals surface area contributed by atoms with Crippen LogP contribution in [-0.2, 0) is 42.1 Å². The van der Waals surface area contributed by atoms with Gasteiger partial charge >= 0.3 is 19.8 Å². The topological polar surface area (TPSA) is 127 Å². The molecule has 1 rings (SSSR count). The monoisotopic (exact) mass is 494 g/mol. The highest BCUT2D eigenvalue weighted by molar-refractivity contribution is 7.47. The van der Waals surface area contributed by atoms with E-state index in [1.807, 2.05) is 13.8 Å². The van der Waals surface area contributed by atoms with E-state index in [-0.39, 0.29) is 19.4 Å². The van der Waals surface area contributed by atoms with Crippen molar-refractivity contribution in [3.8, 4) is 0 Å². The lowest BCUT2D eigenvalue weighted by Gasteiger charge is -2.24. The van der Waals surface area contributed by atoms with E-state index in [1.54, 1.807) is 6.92 Å². The van der Waals surface area contributed by atoms with Gasteiger partial charge in [0.1, 0.15) is 6.10 Å². The molecule has 1 heterocycles. The maximum atomic E-state index is 12.2. The number of phosphoric ester groups is 1. The van der Waals surface area contributed by atoms with Gasteiger partial charge in [0.2, 0.25) is 0 Å². The van der Waals surface area contributed by atoms with Gasteiger partial charge < -0.3 is 23.8 Å². The van der Waals surface area contributed by atoms with Crippen LogP contribution in [0.2, 0.25) is 0 Å². The first-order valence-corrected chi connectivity index (χ1v) is 12.7. The van der Waals surface area contributed by atoms with E-state index in [0.717, 1.165) is 12.8 Å². The van der Waals surface area contributed by atoms with Gasteiger partial charge in [-0.2, -0.15) is 0 Å². The molecule has 11 heteroatoms. The van der Waals surface area contributed by atoms with Gasteiger partial charge in [0, 0.05) is 20.0 Å². The second-order valence-corrected chi connectivity index (χ2v) is 8.70. The Morgan fingerprint density at radius 3 is 1.94 bits per heavy atom. The Hall–Kier alpha value is -1.51. The fraction of sp³-hybridized carbons (Fsp3) is 0.773. The summed E-state index contributed by atoms with van der Waals surface area (Å²) in [5.41, 5.74) is 2.25. The molecule has 192 valence electrons. The fourth-order valence-electron chi connectivity index (χ4n) is 2.76. The van der Waals surface area contributed by atoms with Gasteiger partial charge in [-0.1, -0.05) is 46.8 Å². The summed E-state index contributed by atoms with van der Waals surface area (Å²) in [6.07, 6.45) is -0.209. The summed E-state index contributed by atoms with van der Waals surface area (Å²) >= 11 is 0. The summed E-state index contributed by atoms with van der Waals surface area (Å²) in [6.45, 7) is 11.6. The first kappa shape index (κ1) is 31.5. The molecule has 0 radical (unpaired) electrons. The Morgan fingerprint density at radius 1 is 0.970 bits per heavy atom. The largest absolute Gasteiger partial charge is 0.472 e. The summed E-state index contributed by atoms with van der Waals surface area (Å²) in [4.78, 5) is 34.1. The highest BCUT2D eigenvalue weighted by Gasteiger charge is 2.50. The lowest BCUT2D eigenvalue weighted by atomic mass is 10.1. The van der Waals surface area contributed by atoms with Crippen LogP contribution in [0.3, 0.4) is 0 Å². The van der Waals surface area contributed by atoms with Gasteiger partial charge in [0.25, 0.3) is 0 Å². The first-order chi connectivity index (χ1) is 15.7. The molecule has 5 unspecified atom stereocenters. The minimum Gasteiger partial charge on any atom is -0.455 e. The lowest BCUT2D eigenvalue weighted by molar-refractivity contribution is -0.183. The lowest BCUT2D eigenvalue weighted by Crippen LogP contribution is -2.42. The number of esters is 2. The highest BCUT2D eigenvalue weighted by atomic mass is 31.2. The third kappa shape index (κ3) is 13.1. The average molecular weight is 495 g/mol. The van der Waals surface area contributed by atoms with Crippen molar-refractivity contribution in [3.63, 3.8) is 0 Å². The van der Waals surface area contributed by atoms with Gasteiger partial charge in [-0.3, -0.25) is 18.6 Å². The van der Waals surface area contributed by atoms with Gasteiger partial charge in [-0.05, 0) is 19.3 Å². The molecule has 0 aliphatic carbocycles. The number of methoxy groups -OCH3 is 1. The molecular formula is C22H39O10P. The summed E-state index contributed by atoms with van der Waals surface area (Å²) in [5, 5.41) is 0. The summed E-state index contributed by atoms with van der Waals surface area (Å²) in [5.74, 6) is -0.959. The molecule has 1 aliphatic heterocycles. The van der Waals surface area contributed by atoms with Crippen molar-refractivity contribution in [2.24, 2.45) is 0 Å². The van der Waals surface area contributed by atoms with Crippen molar-refractivity contribution in [3.05, 3.63) is 18.9 Å². The molecule has 0 bridgehead atoms. The zero-order valence-electron chi connectivity index (χ0n) is 20.2. The Kier molecular flexibility index (Phi) is 17.1. The molecule has 33 heavy (non-hydrogen) atoms. The molecule has 1 fully saturated rings. The average Bonchev–Trinajstić information content (AvgIpc) is 3.10. The molecule has 1 saturated heterocycles. The summed E-state index contributed by atoms with van der Waals surface area (Å²) in [7, 11) is -2.94. The predicted octanol–water partition coefficient (Wildman–Crippen LogP) is 4.06. The van der Waals surface area contributed by atoms with Crippen LogP contribution in [0.15, 0.2) is 18.9 Å². The van der Waals surface area contributed by atoms with Crippen molar-refractivity contribution < 1.29 is 47.0 Å². The van der Waals surface area contributed by atoms with Crippen molar-refractivity contribution in [1.29, 1.82) is 0 Å². The number of hydrogen-bond donors (Lipinski definition) is 1. The molecule has 0 amide bonds. The predicted molar refractivity (Wildman–Crippen MR) is 121 cm³/mol. The van der Waals surface area contributed by atoms with Crippen molar-refractivity contribution in [1.82, 2.24) is 0 Å². The van der Waals surface area contributed by atoms with E-state index < -0.39 is 51.0 Å². The number of hydrogen-bond acceptors (Lipinski definition) is 9. The van der Waals surface area contributed by atoms with Crippen LogP contribution in [0.5, 0.6) is 0 Å². The Morgan fingerprint density at radius 2 is 1.48 bits per heavy atom. The second-order valence-electron chi connectivity index (χ2n) is 7.24. The molecule has 0 aromatic rings. The van der Waals surface area contributed by atoms with Gasteiger partial charge in [0.05, 0.1) is 13.2 Å². The Balaban J connectivity index is 0.00000322. The molecule has 0 spiro atoms. The molecular weight excluding hydrogens is 455 g/mol. The van der Waals surface area contributed by atoms with Gasteiger partial charge in [0.15, 0.2) is 18.5 Å². The van der Waals surface area contributed by atoms with E-state index in [2.05, 4.69) is 18.9 Å². The molecule has 0 saturated carbocycles. The Labute approximate surface area is 196 Å². The van der Waals surface area contributed by atoms with E-state index >= 15 is 0 Å². The third-order valence-electron chi connectivity index (χ3n) is 4.36. The van der Waals surface area contributed by atoms with Crippen LogP contribution in [0.1, 0.15) is 65.7 Å². The molecule has 10 nitrogen and oxygen atoms in total. The SMILES string of the molecule is C=C=C.CCCCC(=O)OC1C(COP(=O)(O)OCCC)OC(OC)C1OC(=O)CCCC. The van der Waals surface area contributed by atoms with Crippen molar-refractivity contribution >= 4 is 19.8 Å². The van der Waals surface area contributed by atoms with Gasteiger partial charge in [-0.15, -0.1) is 5.73 Å². The van der Waals surface area contributed by atoms with E-state index in [1.165, 1.54) is 7.11 Å². The van der Waals surface area contributed by atoms with Crippen molar-refractivity contribution in [2.75, 3.05) is 20.3 Å². The van der Waals surface area contributed by atoms with Crippen LogP contribution in [0, 0.1) is 0 Å². The number of ether oxygens (including phenoxy) is 4. The minimum atomic E-state index is -4.30. The number of rotatable bonds is 15. The van der Waals surface area contributed by atoms with Gasteiger partial charge in [-0.25, -0.2) is 4.57 Å². The molecule has 1 aliphatic rings. The quantitative estimate of drug-likeness (QED) is 0.202. The number of unbranched alkanes of at least 4 members (excludes halogenated alkanes) is 2. The number of carbonyl (C=O) groups is 2. The summed E-state index contributed by atoms with van der Waals surface area (Å²) < 4.78 is 43.6. The zero-order chi connectivity index (χ0) is 25.3. The van der Waals surface area contributed by atoms with Crippen LogP contribution in [0.25, 0.3) is 0 Å². The standard InChI is InChI=1S/C19H35O10P.C3H4/c1-5-8-10-15(20)28-17-14(13-26-30(22,23)25-12-7-3)27-19(24-4)18(17)29-16(21)11-9-6-2;1-3-2/h14,17-19H,5-13H2,1-4H3,(H,22,23);1-2H2. The van der Waals surface area contributed by atoms with E-state index in [4.69, 9.17) is 28.0 Å². The maximum absolute atomic E-state index is 12.2. The molecule has 5 atom stereocenters. The normalized spacial score (nSPS) is 23.5. The van der Waals surface area contributed by atoms with Crippen LogP contribution < -0.4 is 0 Å². The first-order valence-electron chi connectivity index (χ1n) is 11.2. The highest BCUT2D eigenvalue weighted by Crippen LogP contribution is 2.44. The minimum absolute atomic E-state index is 0.0487. The zero-order valence-corrected chi connectivity index (χ0v) is 21.1.